The summed E-state index contributed by atoms with van der Waals surface area (Å²) in [6, 6.07) is 5.80. The van der Waals surface area contributed by atoms with Crippen molar-refractivity contribution in [2.24, 2.45) is 5.92 Å². The lowest BCUT2D eigenvalue weighted by Gasteiger charge is -2.50. The zero-order valence-electron chi connectivity index (χ0n) is 12.9. The van der Waals surface area contributed by atoms with E-state index < -0.39 is 0 Å². The minimum absolute atomic E-state index is 0.0248. The number of hydrogen-bond donors (Lipinski definition) is 0. The molecule has 0 unspecified atom stereocenters. The molecule has 1 atom stereocenters. The average Bonchev–Trinajstić information content (AvgIpc) is 2.91. The molecular formula is C16H22N2O4. The van der Waals surface area contributed by atoms with Gasteiger partial charge in [-0.15, -0.1) is 0 Å². The van der Waals surface area contributed by atoms with Gasteiger partial charge in [-0.2, -0.15) is 0 Å². The maximum atomic E-state index is 11.8. The number of likely N-dealkylation sites (tertiary alicyclic amines) is 1. The number of rotatable bonds is 6. The zero-order chi connectivity index (χ0) is 15.4. The van der Waals surface area contributed by atoms with Gasteiger partial charge in [0.1, 0.15) is 12.2 Å². The number of carbonyl (C=O) groups excluding carboxylic acids is 1. The Morgan fingerprint density at radius 2 is 2.36 bits per heavy atom. The lowest BCUT2D eigenvalue weighted by atomic mass is 9.81. The molecule has 2 fully saturated rings. The van der Waals surface area contributed by atoms with Gasteiger partial charge >= 0.3 is 0 Å². The monoisotopic (exact) mass is 306 g/mol. The Labute approximate surface area is 130 Å². The van der Waals surface area contributed by atoms with Crippen LogP contribution in [0.1, 0.15) is 12.1 Å². The standard InChI is InChI=1S/C16H22N2O4/c1-20-10-15(19)18-11-16(12-18)13(5-7-22-16)8-21-9-14-4-2-3-6-17-14/h2-4,6,13H,5,7-12H2,1H3/t13-/m0/s1. The molecule has 0 aromatic carbocycles. The number of methoxy groups -OCH3 is 1. The molecule has 22 heavy (non-hydrogen) atoms. The van der Waals surface area contributed by atoms with Crippen LogP contribution in [0.25, 0.3) is 0 Å². The Kier molecular flexibility index (Phi) is 4.71. The zero-order valence-corrected chi connectivity index (χ0v) is 12.9. The van der Waals surface area contributed by atoms with Gasteiger partial charge in [-0.25, -0.2) is 0 Å². The molecule has 0 aliphatic carbocycles. The summed E-state index contributed by atoms with van der Waals surface area (Å²) in [4.78, 5) is 17.8. The van der Waals surface area contributed by atoms with Crippen molar-refractivity contribution >= 4 is 5.91 Å². The van der Waals surface area contributed by atoms with Gasteiger partial charge in [-0.1, -0.05) is 6.07 Å². The molecule has 0 N–H and O–H groups in total. The molecule has 120 valence electrons. The molecule has 2 aliphatic rings. The van der Waals surface area contributed by atoms with Crippen molar-refractivity contribution in [2.75, 3.05) is 40.0 Å². The second-order valence-electron chi connectivity index (χ2n) is 5.92. The van der Waals surface area contributed by atoms with Gasteiger partial charge in [0.05, 0.1) is 32.0 Å². The van der Waals surface area contributed by atoms with E-state index >= 15 is 0 Å². The molecule has 6 nitrogen and oxygen atoms in total. The van der Waals surface area contributed by atoms with Crippen molar-refractivity contribution in [3.8, 4) is 0 Å². The number of aromatic nitrogens is 1. The van der Waals surface area contributed by atoms with E-state index in [1.165, 1.54) is 7.11 Å². The van der Waals surface area contributed by atoms with Gasteiger partial charge in [-0.05, 0) is 18.6 Å². The van der Waals surface area contributed by atoms with E-state index in [1.54, 1.807) is 11.1 Å². The summed E-state index contributed by atoms with van der Waals surface area (Å²) in [5.74, 6) is 0.361. The minimum Gasteiger partial charge on any atom is -0.375 e. The second kappa shape index (κ2) is 6.73. The van der Waals surface area contributed by atoms with Crippen LogP contribution in [0.2, 0.25) is 0 Å². The molecule has 1 spiro atoms. The van der Waals surface area contributed by atoms with Crippen LogP contribution in [0.3, 0.4) is 0 Å². The van der Waals surface area contributed by atoms with Gasteiger partial charge in [0, 0.05) is 25.8 Å². The highest BCUT2D eigenvalue weighted by Crippen LogP contribution is 2.40. The normalized spacial score (nSPS) is 22.8. The first-order chi connectivity index (χ1) is 10.7. The lowest BCUT2D eigenvalue weighted by Crippen LogP contribution is -2.67. The largest absolute Gasteiger partial charge is 0.375 e. The summed E-state index contributed by atoms with van der Waals surface area (Å²) in [7, 11) is 1.54. The van der Waals surface area contributed by atoms with Crippen LogP contribution in [0, 0.1) is 5.92 Å². The fraction of sp³-hybridized carbons (Fsp3) is 0.625. The predicted octanol–water partition coefficient (Wildman–Crippen LogP) is 0.862. The number of hydrogen-bond acceptors (Lipinski definition) is 5. The van der Waals surface area contributed by atoms with Crippen LogP contribution in [-0.4, -0.2) is 61.4 Å². The van der Waals surface area contributed by atoms with Crippen molar-refractivity contribution in [1.29, 1.82) is 0 Å². The Hall–Kier alpha value is -1.50. The molecule has 2 saturated heterocycles. The first-order valence-electron chi connectivity index (χ1n) is 7.62. The van der Waals surface area contributed by atoms with Crippen LogP contribution in [-0.2, 0) is 25.6 Å². The van der Waals surface area contributed by atoms with Crippen LogP contribution in [0.5, 0.6) is 0 Å². The molecule has 0 saturated carbocycles. The fourth-order valence-corrected chi connectivity index (χ4v) is 3.15. The summed E-state index contributed by atoms with van der Waals surface area (Å²) in [6.07, 6.45) is 2.75. The van der Waals surface area contributed by atoms with E-state index in [4.69, 9.17) is 14.2 Å². The number of pyridine rings is 1. The van der Waals surface area contributed by atoms with Gasteiger partial charge in [0.2, 0.25) is 5.91 Å². The molecule has 3 rings (SSSR count). The van der Waals surface area contributed by atoms with E-state index in [9.17, 15) is 4.79 Å². The van der Waals surface area contributed by atoms with Gasteiger partial charge < -0.3 is 19.1 Å². The molecule has 6 heteroatoms. The van der Waals surface area contributed by atoms with E-state index in [0.717, 1.165) is 18.7 Å². The third-order valence-corrected chi connectivity index (χ3v) is 4.43. The molecule has 2 aliphatic heterocycles. The van der Waals surface area contributed by atoms with E-state index in [-0.39, 0.29) is 18.1 Å². The topological polar surface area (TPSA) is 60.9 Å². The first-order valence-corrected chi connectivity index (χ1v) is 7.62. The van der Waals surface area contributed by atoms with Gasteiger partial charge in [0.15, 0.2) is 0 Å². The molecule has 1 amide bonds. The fourth-order valence-electron chi connectivity index (χ4n) is 3.15. The average molecular weight is 306 g/mol. The van der Waals surface area contributed by atoms with Gasteiger partial charge in [-0.3, -0.25) is 9.78 Å². The highest BCUT2D eigenvalue weighted by molar-refractivity contribution is 5.78. The summed E-state index contributed by atoms with van der Waals surface area (Å²) in [5, 5.41) is 0. The molecular weight excluding hydrogens is 284 g/mol. The summed E-state index contributed by atoms with van der Waals surface area (Å²) in [6.45, 7) is 3.32. The van der Waals surface area contributed by atoms with Crippen LogP contribution in [0.15, 0.2) is 24.4 Å². The number of carbonyl (C=O) groups is 1. The second-order valence-corrected chi connectivity index (χ2v) is 5.92. The number of ether oxygens (including phenoxy) is 3. The summed E-state index contributed by atoms with van der Waals surface area (Å²) < 4.78 is 16.6. The van der Waals surface area contributed by atoms with Crippen molar-refractivity contribution < 1.29 is 19.0 Å². The van der Waals surface area contributed by atoms with Crippen LogP contribution < -0.4 is 0 Å². The molecule has 0 radical (unpaired) electrons. The molecule has 3 heterocycles. The molecule has 0 bridgehead atoms. The summed E-state index contributed by atoms with van der Waals surface area (Å²) >= 11 is 0. The van der Waals surface area contributed by atoms with E-state index in [2.05, 4.69) is 4.98 Å². The Morgan fingerprint density at radius 1 is 1.50 bits per heavy atom. The quantitative estimate of drug-likeness (QED) is 0.780. The first kappa shape index (κ1) is 15.4. The van der Waals surface area contributed by atoms with Crippen molar-refractivity contribution in [1.82, 2.24) is 9.88 Å². The molecule has 1 aromatic rings. The lowest BCUT2D eigenvalue weighted by molar-refractivity contribution is -0.172. The third-order valence-electron chi connectivity index (χ3n) is 4.43. The van der Waals surface area contributed by atoms with Crippen LogP contribution in [0.4, 0.5) is 0 Å². The summed E-state index contributed by atoms with van der Waals surface area (Å²) in [5.41, 5.74) is 0.717. The minimum atomic E-state index is -0.215. The SMILES string of the molecule is COCC(=O)N1CC2(C1)OCC[C@H]2COCc1ccccn1. The maximum absolute atomic E-state index is 11.8. The Balaban J connectivity index is 1.47. The number of nitrogens with zero attached hydrogens (tertiary/aromatic N) is 2. The third kappa shape index (κ3) is 3.14. The van der Waals surface area contributed by atoms with E-state index in [0.29, 0.717) is 32.2 Å². The smallest absolute Gasteiger partial charge is 0.248 e. The van der Waals surface area contributed by atoms with E-state index in [1.807, 2.05) is 18.2 Å². The highest BCUT2D eigenvalue weighted by Gasteiger charge is 2.54. The maximum Gasteiger partial charge on any atom is 0.248 e. The highest BCUT2D eigenvalue weighted by atomic mass is 16.5. The van der Waals surface area contributed by atoms with Crippen LogP contribution >= 0.6 is 0 Å². The van der Waals surface area contributed by atoms with Crippen molar-refractivity contribution in [3.63, 3.8) is 0 Å². The Bertz CT molecular complexity index is 502. The van der Waals surface area contributed by atoms with Crippen molar-refractivity contribution in [3.05, 3.63) is 30.1 Å². The Morgan fingerprint density at radius 3 is 3.09 bits per heavy atom. The predicted molar refractivity (Wildman–Crippen MR) is 79.1 cm³/mol. The molecule has 1 aromatic heterocycles. The van der Waals surface area contributed by atoms with Crippen molar-refractivity contribution in [2.45, 2.75) is 18.6 Å². The van der Waals surface area contributed by atoms with Gasteiger partial charge in [0.25, 0.3) is 0 Å². The number of amides is 1.